The fourth-order valence-corrected chi connectivity index (χ4v) is 4.02. The molecule has 27 heavy (non-hydrogen) atoms. The second-order valence-corrected chi connectivity index (χ2v) is 7.40. The Balaban J connectivity index is 1.94. The van der Waals surface area contributed by atoms with Crippen molar-refractivity contribution < 1.29 is 9.18 Å². The smallest absolute Gasteiger partial charge is 0.252 e. The first kappa shape index (κ1) is 19.1. The fourth-order valence-electron chi connectivity index (χ4n) is 2.91. The molecule has 1 heterocycles. The molecule has 0 fully saturated rings. The molecular weight excluding hydrogens is 359 g/mol. The Kier molecular flexibility index (Phi) is 6.20. The van der Waals surface area contributed by atoms with Gasteiger partial charge in [-0.1, -0.05) is 48.8 Å². The summed E-state index contributed by atoms with van der Waals surface area (Å²) in [4.78, 5) is 17.3. The predicted octanol–water partition coefficient (Wildman–Crippen LogP) is 4.49. The van der Waals surface area contributed by atoms with E-state index in [2.05, 4.69) is 36.0 Å². The van der Waals surface area contributed by atoms with Gasteiger partial charge in [0.25, 0.3) is 5.91 Å². The molecule has 5 heteroatoms. The van der Waals surface area contributed by atoms with Gasteiger partial charge in [0.2, 0.25) is 0 Å². The van der Waals surface area contributed by atoms with Crippen LogP contribution in [-0.2, 0) is 24.2 Å². The third-order valence-electron chi connectivity index (χ3n) is 4.30. The molecule has 2 aromatic carbocycles. The van der Waals surface area contributed by atoms with Crippen LogP contribution < -0.4 is 4.80 Å². The minimum Gasteiger partial charge on any atom is -0.305 e. The van der Waals surface area contributed by atoms with Gasteiger partial charge in [-0.25, -0.2) is 4.39 Å². The number of unbranched alkanes of at least 4 members (excludes halogenated alkanes) is 1. The van der Waals surface area contributed by atoms with Crippen LogP contribution in [0.5, 0.6) is 0 Å². The quantitative estimate of drug-likeness (QED) is 0.580. The zero-order chi connectivity index (χ0) is 19.2. The van der Waals surface area contributed by atoms with Crippen LogP contribution in [0.4, 0.5) is 4.39 Å². The Morgan fingerprint density at radius 1 is 1.22 bits per heavy atom. The fraction of sp³-hybridized carbons (Fsp3) is 0.273. The standard InChI is InChI=1S/C22H21FN2OS/c1-3-5-6-16-9-12-19-20(14-16)27-22(25(19)13-4-2)24-21(26)15-17-7-10-18(23)11-8-17/h2,7-12,14H,3,5-6,13,15H2,1H3. The Hall–Kier alpha value is -2.71. The predicted molar refractivity (Wildman–Crippen MR) is 108 cm³/mol. The second-order valence-electron chi connectivity index (χ2n) is 6.39. The van der Waals surface area contributed by atoms with Crippen molar-refractivity contribution in [2.75, 3.05) is 0 Å². The van der Waals surface area contributed by atoms with Gasteiger partial charge in [-0.15, -0.1) is 6.42 Å². The van der Waals surface area contributed by atoms with Gasteiger partial charge in [-0.2, -0.15) is 4.99 Å². The lowest BCUT2D eigenvalue weighted by atomic mass is 10.1. The molecule has 1 aromatic heterocycles. The average Bonchev–Trinajstić information content (AvgIpc) is 2.98. The van der Waals surface area contributed by atoms with Gasteiger partial charge in [0.05, 0.1) is 23.2 Å². The van der Waals surface area contributed by atoms with Crippen molar-refractivity contribution in [3.63, 3.8) is 0 Å². The van der Waals surface area contributed by atoms with Crippen LogP contribution in [0.2, 0.25) is 0 Å². The summed E-state index contributed by atoms with van der Waals surface area (Å²) in [6.07, 6.45) is 8.98. The first-order valence-corrected chi connectivity index (χ1v) is 9.80. The lowest BCUT2D eigenvalue weighted by molar-refractivity contribution is -0.117. The van der Waals surface area contributed by atoms with Gasteiger partial charge in [0.1, 0.15) is 5.82 Å². The molecule has 0 aliphatic rings. The number of terminal acetylenes is 1. The lowest BCUT2D eigenvalue weighted by Gasteiger charge is -2.02. The number of halogens is 1. The first-order valence-electron chi connectivity index (χ1n) is 8.98. The monoisotopic (exact) mass is 380 g/mol. The van der Waals surface area contributed by atoms with Crippen molar-refractivity contribution in [2.45, 2.75) is 39.2 Å². The van der Waals surface area contributed by atoms with E-state index in [-0.39, 0.29) is 18.1 Å². The minimum atomic E-state index is -0.321. The topological polar surface area (TPSA) is 34.4 Å². The maximum absolute atomic E-state index is 13.0. The summed E-state index contributed by atoms with van der Waals surface area (Å²) in [7, 11) is 0. The number of hydrogen-bond donors (Lipinski definition) is 0. The molecule has 0 radical (unpaired) electrons. The third kappa shape index (κ3) is 4.72. The summed E-state index contributed by atoms with van der Waals surface area (Å²) in [5.41, 5.74) is 3.01. The van der Waals surface area contributed by atoms with Crippen LogP contribution in [-0.4, -0.2) is 10.5 Å². The van der Waals surface area contributed by atoms with Crippen molar-refractivity contribution >= 4 is 27.5 Å². The first-order chi connectivity index (χ1) is 13.1. The van der Waals surface area contributed by atoms with Crippen LogP contribution in [0, 0.1) is 18.2 Å². The number of carbonyl (C=O) groups is 1. The number of carbonyl (C=O) groups excluding carboxylic acids is 1. The Morgan fingerprint density at radius 3 is 2.67 bits per heavy atom. The highest BCUT2D eigenvalue weighted by molar-refractivity contribution is 7.16. The van der Waals surface area contributed by atoms with E-state index < -0.39 is 0 Å². The van der Waals surface area contributed by atoms with E-state index in [0.717, 1.165) is 35.0 Å². The number of nitrogens with zero attached hydrogens (tertiary/aromatic N) is 2. The molecule has 0 aliphatic heterocycles. The molecule has 0 aliphatic carbocycles. The number of benzene rings is 2. The summed E-state index contributed by atoms with van der Waals surface area (Å²) in [6.45, 7) is 2.53. The van der Waals surface area contributed by atoms with E-state index >= 15 is 0 Å². The Labute approximate surface area is 162 Å². The summed E-state index contributed by atoms with van der Waals surface area (Å²) in [5, 5.41) is 0. The number of aryl methyl sites for hydroxylation is 1. The minimum absolute atomic E-state index is 0.131. The highest BCUT2D eigenvalue weighted by atomic mass is 32.1. The molecule has 1 amide bonds. The van der Waals surface area contributed by atoms with Gasteiger partial charge in [-0.3, -0.25) is 4.79 Å². The molecule has 138 valence electrons. The summed E-state index contributed by atoms with van der Waals surface area (Å²) < 4.78 is 16.0. The summed E-state index contributed by atoms with van der Waals surface area (Å²) in [6, 6.07) is 12.2. The number of rotatable bonds is 6. The van der Waals surface area contributed by atoms with Gasteiger partial charge in [-0.05, 0) is 48.2 Å². The number of fused-ring (bicyclic) bond motifs is 1. The van der Waals surface area contributed by atoms with Crippen molar-refractivity contribution in [3.8, 4) is 12.3 Å². The molecular formula is C22H21FN2OS. The molecule has 3 rings (SSSR count). The molecule has 0 saturated carbocycles. The molecule has 0 N–H and O–H groups in total. The van der Waals surface area contributed by atoms with Crippen molar-refractivity contribution in [1.29, 1.82) is 0 Å². The van der Waals surface area contributed by atoms with Crippen LogP contribution in [0.3, 0.4) is 0 Å². The molecule has 0 bridgehead atoms. The van der Waals surface area contributed by atoms with E-state index in [9.17, 15) is 9.18 Å². The van der Waals surface area contributed by atoms with Crippen LogP contribution in [0.25, 0.3) is 10.2 Å². The van der Waals surface area contributed by atoms with Crippen LogP contribution in [0.15, 0.2) is 47.5 Å². The maximum Gasteiger partial charge on any atom is 0.252 e. The van der Waals surface area contributed by atoms with Gasteiger partial charge >= 0.3 is 0 Å². The van der Waals surface area contributed by atoms with Crippen molar-refractivity contribution in [3.05, 3.63) is 64.2 Å². The zero-order valence-electron chi connectivity index (χ0n) is 15.2. The van der Waals surface area contributed by atoms with E-state index in [4.69, 9.17) is 6.42 Å². The lowest BCUT2D eigenvalue weighted by Crippen LogP contribution is -2.17. The Morgan fingerprint density at radius 2 is 1.96 bits per heavy atom. The average molecular weight is 380 g/mol. The second kappa shape index (κ2) is 8.79. The highest BCUT2D eigenvalue weighted by Gasteiger charge is 2.09. The zero-order valence-corrected chi connectivity index (χ0v) is 16.1. The molecule has 0 saturated heterocycles. The van der Waals surface area contributed by atoms with Crippen molar-refractivity contribution in [1.82, 2.24) is 4.57 Å². The molecule has 3 aromatic rings. The number of aromatic nitrogens is 1. The number of thiazole rings is 1. The van der Waals surface area contributed by atoms with Crippen molar-refractivity contribution in [2.24, 2.45) is 4.99 Å². The maximum atomic E-state index is 13.0. The molecule has 0 atom stereocenters. The van der Waals surface area contributed by atoms with E-state index in [1.165, 1.54) is 29.0 Å². The largest absolute Gasteiger partial charge is 0.305 e. The number of hydrogen-bond acceptors (Lipinski definition) is 2. The molecule has 0 spiro atoms. The van der Waals surface area contributed by atoms with Gasteiger partial charge < -0.3 is 4.57 Å². The SMILES string of the molecule is C#CCn1c(=NC(=O)Cc2ccc(F)cc2)sc2cc(CCCC)ccc21. The van der Waals surface area contributed by atoms with Gasteiger partial charge in [0.15, 0.2) is 4.80 Å². The van der Waals surface area contributed by atoms with Gasteiger partial charge in [0, 0.05) is 0 Å². The summed E-state index contributed by atoms with van der Waals surface area (Å²) >= 11 is 1.47. The Bertz CT molecular complexity index is 1050. The normalized spacial score (nSPS) is 11.7. The van der Waals surface area contributed by atoms with E-state index in [1.807, 2.05) is 4.57 Å². The van der Waals surface area contributed by atoms with E-state index in [1.54, 1.807) is 12.1 Å². The van der Waals surface area contributed by atoms with Crippen LogP contribution in [0.1, 0.15) is 30.9 Å². The molecule has 0 unspecified atom stereocenters. The third-order valence-corrected chi connectivity index (χ3v) is 5.35. The molecule has 3 nitrogen and oxygen atoms in total. The summed E-state index contributed by atoms with van der Waals surface area (Å²) in [5.74, 6) is 2.04. The number of amides is 1. The van der Waals surface area contributed by atoms with E-state index in [0.29, 0.717) is 11.3 Å². The highest BCUT2D eigenvalue weighted by Crippen LogP contribution is 2.20. The van der Waals surface area contributed by atoms with Crippen LogP contribution >= 0.6 is 11.3 Å².